The number of amides is 1. The van der Waals surface area contributed by atoms with Gasteiger partial charge < -0.3 is 14.4 Å². The van der Waals surface area contributed by atoms with Crippen LogP contribution in [0.4, 0.5) is 4.39 Å². The minimum Gasteiger partial charge on any atom is -0.467 e. The summed E-state index contributed by atoms with van der Waals surface area (Å²) in [6.07, 6.45) is 2.10. The lowest BCUT2D eigenvalue weighted by atomic mass is 10.1. The van der Waals surface area contributed by atoms with Crippen molar-refractivity contribution in [3.05, 3.63) is 29.1 Å². The van der Waals surface area contributed by atoms with E-state index in [4.69, 9.17) is 9.47 Å². The number of nitrogens with zero attached hydrogens (tertiary/aromatic N) is 2. The summed E-state index contributed by atoms with van der Waals surface area (Å²) in [5, 5.41) is 0. The van der Waals surface area contributed by atoms with E-state index >= 15 is 0 Å². The zero-order valence-corrected chi connectivity index (χ0v) is 13.1. The number of rotatable bonds is 3. The first-order valence-corrected chi connectivity index (χ1v) is 8.23. The highest BCUT2D eigenvalue weighted by molar-refractivity contribution is 5.81. The smallest absolute Gasteiger partial charge is 0.225 e. The second kappa shape index (κ2) is 6.09. The van der Waals surface area contributed by atoms with Crippen molar-refractivity contribution >= 4 is 5.91 Å². The minimum atomic E-state index is -0.254. The zero-order chi connectivity index (χ0) is 15.8. The number of piperazine rings is 1. The first-order chi connectivity index (χ1) is 11.2. The molecule has 0 bridgehead atoms. The first kappa shape index (κ1) is 14.9. The summed E-state index contributed by atoms with van der Waals surface area (Å²) in [7, 11) is 0. The van der Waals surface area contributed by atoms with Crippen LogP contribution in [0.15, 0.2) is 12.1 Å². The monoisotopic (exact) mass is 320 g/mol. The van der Waals surface area contributed by atoms with Gasteiger partial charge in [0.1, 0.15) is 11.6 Å². The van der Waals surface area contributed by atoms with Gasteiger partial charge >= 0.3 is 0 Å². The number of carbonyl (C=O) groups is 1. The quantitative estimate of drug-likeness (QED) is 0.851. The molecule has 1 saturated carbocycles. The standard InChI is InChI=1S/C17H21FN2O3/c18-15-7-13(16-14(8-15)10-22-11-23-16)9-19-3-5-20(6-4-19)17(21)12-1-2-12/h7-8,12H,1-6,9-11H2. The highest BCUT2D eigenvalue weighted by Gasteiger charge is 2.34. The molecule has 6 heteroatoms. The Hall–Kier alpha value is -1.66. The van der Waals surface area contributed by atoms with Crippen molar-refractivity contribution in [3.8, 4) is 5.75 Å². The molecule has 0 unspecified atom stereocenters. The van der Waals surface area contributed by atoms with Crippen molar-refractivity contribution in [2.75, 3.05) is 33.0 Å². The third-order valence-corrected chi connectivity index (χ3v) is 4.76. The second-order valence-corrected chi connectivity index (χ2v) is 6.54. The molecule has 1 aromatic carbocycles. The van der Waals surface area contributed by atoms with Gasteiger partial charge in [0.2, 0.25) is 5.91 Å². The van der Waals surface area contributed by atoms with E-state index in [9.17, 15) is 9.18 Å². The Kier molecular flexibility index (Phi) is 3.95. The first-order valence-electron chi connectivity index (χ1n) is 8.23. The van der Waals surface area contributed by atoms with Gasteiger partial charge in [-0.2, -0.15) is 0 Å². The highest BCUT2D eigenvalue weighted by atomic mass is 19.1. The van der Waals surface area contributed by atoms with Crippen LogP contribution < -0.4 is 4.74 Å². The fourth-order valence-electron chi connectivity index (χ4n) is 3.33. The molecule has 1 aromatic rings. The topological polar surface area (TPSA) is 42.0 Å². The molecule has 2 fully saturated rings. The van der Waals surface area contributed by atoms with E-state index in [1.54, 1.807) is 6.07 Å². The number of ether oxygens (including phenoxy) is 2. The predicted octanol–water partition coefficient (Wildman–Crippen LogP) is 1.75. The fourth-order valence-corrected chi connectivity index (χ4v) is 3.33. The summed E-state index contributed by atoms with van der Waals surface area (Å²) in [5.74, 6) is 1.10. The molecule has 1 saturated heterocycles. The van der Waals surface area contributed by atoms with Crippen molar-refractivity contribution in [2.24, 2.45) is 5.92 Å². The van der Waals surface area contributed by atoms with Crippen LogP contribution in [0.2, 0.25) is 0 Å². The van der Waals surface area contributed by atoms with Crippen LogP contribution in [0, 0.1) is 11.7 Å². The molecule has 2 aliphatic heterocycles. The number of carbonyl (C=O) groups excluding carboxylic acids is 1. The molecule has 1 aliphatic carbocycles. The second-order valence-electron chi connectivity index (χ2n) is 6.54. The number of fused-ring (bicyclic) bond motifs is 1. The van der Waals surface area contributed by atoms with Crippen molar-refractivity contribution < 1.29 is 18.7 Å². The fraction of sp³-hybridized carbons (Fsp3) is 0.588. The van der Waals surface area contributed by atoms with Gasteiger partial charge in [0.25, 0.3) is 0 Å². The van der Waals surface area contributed by atoms with Gasteiger partial charge in [0, 0.05) is 49.8 Å². The van der Waals surface area contributed by atoms with E-state index in [0.29, 0.717) is 19.1 Å². The summed E-state index contributed by atoms with van der Waals surface area (Å²) < 4.78 is 24.6. The van der Waals surface area contributed by atoms with Crippen LogP contribution in [-0.4, -0.2) is 48.7 Å². The lowest BCUT2D eigenvalue weighted by molar-refractivity contribution is -0.134. The van der Waals surface area contributed by atoms with E-state index in [2.05, 4.69) is 4.90 Å². The maximum atomic E-state index is 13.8. The van der Waals surface area contributed by atoms with Gasteiger partial charge in [-0.05, 0) is 25.0 Å². The molecule has 5 nitrogen and oxygen atoms in total. The molecule has 23 heavy (non-hydrogen) atoms. The maximum absolute atomic E-state index is 13.8. The molecule has 4 rings (SSSR count). The molecule has 0 radical (unpaired) electrons. The Bertz CT molecular complexity index is 610. The number of halogens is 1. The zero-order valence-electron chi connectivity index (χ0n) is 13.1. The van der Waals surface area contributed by atoms with Crippen molar-refractivity contribution in [1.82, 2.24) is 9.80 Å². The summed E-state index contributed by atoms with van der Waals surface area (Å²) in [6, 6.07) is 3.02. The van der Waals surface area contributed by atoms with Crippen LogP contribution >= 0.6 is 0 Å². The Morgan fingerprint density at radius 2 is 2.00 bits per heavy atom. The summed E-state index contributed by atoms with van der Waals surface area (Å²) in [5.41, 5.74) is 1.64. The van der Waals surface area contributed by atoms with Gasteiger partial charge in [-0.15, -0.1) is 0 Å². The van der Waals surface area contributed by atoms with Crippen LogP contribution in [0.1, 0.15) is 24.0 Å². The Balaban J connectivity index is 1.41. The van der Waals surface area contributed by atoms with Gasteiger partial charge in [0.15, 0.2) is 6.79 Å². The van der Waals surface area contributed by atoms with Gasteiger partial charge in [-0.3, -0.25) is 9.69 Å². The SMILES string of the molecule is O=C(C1CC1)N1CCN(Cc2cc(F)cc3c2OCOC3)CC1. The minimum absolute atomic E-state index is 0.218. The van der Waals surface area contributed by atoms with Crippen molar-refractivity contribution in [3.63, 3.8) is 0 Å². The molecule has 1 amide bonds. The summed E-state index contributed by atoms with van der Waals surface area (Å²) >= 11 is 0. The van der Waals surface area contributed by atoms with Crippen LogP contribution in [0.5, 0.6) is 5.75 Å². The highest BCUT2D eigenvalue weighted by Crippen LogP contribution is 2.32. The van der Waals surface area contributed by atoms with E-state index in [1.807, 2.05) is 4.90 Å². The number of hydrogen-bond acceptors (Lipinski definition) is 4. The predicted molar refractivity (Wildman–Crippen MR) is 81.3 cm³/mol. The molecular weight excluding hydrogens is 299 g/mol. The Morgan fingerprint density at radius 1 is 1.22 bits per heavy atom. The van der Waals surface area contributed by atoms with Crippen molar-refractivity contribution in [1.29, 1.82) is 0 Å². The maximum Gasteiger partial charge on any atom is 0.225 e. The molecule has 124 valence electrons. The molecule has 2 heterocycles. The van der Waals surface area contributed by atoms with E-state index in [-0.39, 0.29) is 18.5 Å². The number of benzene rings is 1. The molecule has 0 spiro atoms. The van der Waals surface area contributed by atoms with Crippen LogP contribution in [0.3, 0.4) is 0 Å². The van der Waals surface area contributed by atoms with E-state index in [0.717, 1.165) is 55.9 Å². The Labute approximate surface area is 135 Å². The van der Waals surface area contributed by atoms with Gasteiger partial charge in [0.05, 0.1) is 6.61 Å². The van der Waals surface area contributed by atoms with Gasteiger partial charge in [-0.25, -0.2) is 4.39 Å². The van der Waals surface area contributed by atoms with E-state index < -0.39 is 0 Å². The largest absolute Gasteiger partial charge is 0.467 e. The molecule has 3 aliphatic rings. The number of hydrogen-bond donors (Lipinski definition) is 0. The molecular formula is C17H21FN2O3. The lowest BCUT2D eigenvalue weighted by Crippen LogP contribution is -2.48. The third-order valence-electron chi connectivity index (χ3n) is 4.76. The summed E-state index contributed by atoms with van der Waals surface area (Å²) in [4.78, 5) is 16.3. The average Bonchev–Trinajstić information content (AvgIpc) is 3.40. The van der Waals surface area contributed by atoms with Crippen LogP contribution in [-0.2, 0) is 22.7 Å². The average molecular weight is 320 g/mol. The molecule has 0 N–H and O–H groups in total. The summed E-state index contributed by atoms with van der Waals surface area (Å²) in [6.45, 7) is 4.42. The third kappa shape index (κ3) is 3.19. The van der Waals surface area contributed by atoms with Gasteiger partial charge in [-0.1, -0.05) is 0 Å². The normalized spacial score (nSPS) is 21.7. The van der Waals surface area contributed by atoms with Crippen LogP contribution in [0.25, 0.3) is 0 Å². The van der Waals surface area contributed by atoms with Crippen molar-refractivity contribution in [2.45, 2.75) is 26.0 Å². The Morgan fingerprint density at radius 3 is 2.74 bits per heavy atom. The molecule has 0 atom stereocenters. The lowest BCUT2D eigenvalue weighted by Gasteiger charge is -2.35. The van der Waals surface area contributed by atoms with E-state index in [1.165, 1.54) is 6.07 Å². The molecule has 0 aromatic heterocycles.